The first kappa shape index (κ1) is 12.5. The minimum atomic E-state index is 0.997. The van der Waals surface area contributed by atoms with E-state index in [1.54, 1.807) is 0 Å². The summed E-state index contributed by atoms with van der Waals surface area (Å²) in [7, 11) is 0. The Morgan fingerprint density at radius 3 is 2.33 bits per heavy atom. The number of rotatable bonds is 2. The topological polar surface area (TPSA) is 13.1 Å². The van der Waals surface area contributed by atoms with Gasteiger partial charge in [-0.2, -0.15) is 0 Å². The third-order valence-electron chi connectivity index (χ3n) is 4.42. The number of hydrogen-bond donors (Lipinski definition) is 0. The second-order valence-electron chi connectivity index (χ2n) is 5.56. The van der Waals surface area contributed by atoms with Crippen LogP contribution in [-0.4, -0.2) is 0 Å². The number of furan rings is 1. The van der Waals surface area contributed by atoms with Crippen LogP contribution in [0, 0.1) is 0 Å². The summed E-state index contributed by atoms with van der Waals surface area (Å²) in [5, 5.41) is 5.02. The predicted molar refractivity (Wildman–Crippen MR) is 90.0 cm³/mol. The summed E-state index contributed by atoms with van der Waals surface area (Å²) in [5.74, 6) is 0. The molecule has 0 N–H and O–H groups in total. The van der Waals surface area contributed by atoms with Crippen LogP contribution in [0.4, 0.5) is 0 Å². The Labute approximate surface area is 124 Å². The smallest absolute Gasteiger partial charge is 0.143 e. The van der Waals surface area contributed by atoms with Crippen LogP contribution in [0.1, 0.15) is 25.0 Å². The maximum atomic E-state index is 6.33. The molecule has 0 bridgehead atoms. The second kappa shape index (κ2) is 4.63. The van der Waals surface area contributed by atoms with Gasteiger partial charge >= 0.3 is 0 Å². The Balaban J connectivity index is 2.30. The zero-order valence-electron chi connectivity index (χ0n) is 12.4. The highest BCUT2D eigenvalue weighted by Crippen LogP contribution is 2.38. The van der Waals surface area contributed by atoms with Gasteiger partial charge in [0.25, 0.3) is 0 Å². The molecular formula is C20H18O. The van der Waals surface area contributed by atoms with Gasteiger partial charge in [0.05, 0.1) is 0 Å². The summed E-state index contributed by atoms with van der Waals surface area (Å²) in [6, 6.07) is 17.3. The first-order valence-corrected chi connectivity index (χ1v) is 7.68. The summed E-state index contributed by atoms with van der Waals surface area (Å²) >= 11 is 0. The molecule has 0 atom stereocenters. The van der Waals surface area contributed by atoms with E-state index < -0.39 is 0 Å². The van der Waals surface area contributed by atoms with Crippen LogP contribution in [0.25, 0.3) is 32.7 Å². The van der Waals surface area contributed by atoms with Crippen LogP contribution in [0.5, 0.6) is 0 Å². The molecule has 0 fully saturated rings. The highest BCUT2D eigenvalue weighted by molar-refractivity contribution is 6.17. The quantitative estimate of drug-likeness (QED) is 0.446. The van der Waals surface area contributed by atoms with Gasteiger partial charge in [0.15, 0.2) is 0 Å². The van der Waals surface area contributed by atoms with Crippen LogP contribution in [0.2, 0.25) is 0 Å². The van der Waals surface area contributed by atoms with E-state index in [0.29, 0.717) is 0 Å². The number of benzene rings is 3. The van der Waals surface area contributed by atoms with Gasteiger partial charge in [-0.15, -0.1) is 0 Å². The molecule has 1 heterocycles. The largest absolute Gasteiger partial charge is 0.455 e. The molecule has 3 aromatic carbocycles. The van der Waals surface area contributed by atoms with Crippen LogP contribution < -0.4 is 0 Å². The number of hydrogen-bond acceptors (Lipinski definition) is 1. The molecule has 4 rings (SSSR count). The monoisotopic (exact) mass is 274 g/mol. The van der Waals surface area contributed by atoms with Crippen molar-refractivity contribution in [3.8, 4) is 0 Å². The van der Waals surface area contributed by atoms with Crippen LogP contribution in [0.3, 0.4) is 0 Å². The lowest BCUT2D eigenvalue weighted by Gasteiger charge is -2.04. The summed E-state index contributed by atoms with van der Waals surface area (Å²) in [6.45, 7) is 4.40. The molecule has 1 nitrogen and oxygen atoms in total. The van der Waals surface area contributed by atoms with Crippen LogP contribution >= 0.6 is 0 Å². The van der Waals surface area contributed by atoms with Gasteiger partial charge in [-0.05, 0) is 29.4 Å². The lowest BCUT2D eigenvalue weighted by atomic mass is 9.98. The van der Waals surface area contributed by atoms with Crippen molar-refractivity contribution in [2.24, 2.45) is 0 Å². The summed E-state index contributed by atoms with van der Waals surface area (Å²) < 4.78 is 6.33. The zero-order valence-corrected chi connectivity index (χ0v) is 12.4. The molecule has 0 radical (unpaired) electrons. The second-order valence-corrected chi connectivity index (χ2v) is 5.56. The van der Waals surface area contributed by atoms with Crippen LogP contribution in [0.15, 0.2) is 52.9 Å². The predicted octanol–water partition coefficient (Wildman–Crippen LogP) is 5.86. The SMILES string of the molecule is CCc1cccc2c1oc1c3ccccc3cc(CC)c21. The minimum Gasteiger partial charge on any atom is -0.455 e. The molecule has 1 aromatic heterocycles. The van der Waals surface area contributed by atoms with Gasteiger partial charge in [0.2, 0.25) is 0 Å². The van der Waals surface area contributed by atoms with E-state index in [-0.39, 0.29) is 0 Å². The fourth-order valence-corrected chi connectivity index (χ4v) is 3.33. The molecule has 0 saturated heterocycles. The van der Waals surface area contributed by atoms with E-state index in [1.165, 1.54) is 32.7 Å². The van der Waals surface area contributed by atoms with Crippen molar-refractivity contribution in [1.29, 1.82) is 0 Å². The molecule has 1 heteroatoms. The highest BCUT2D eigenvalue weighted by Gasteiger charge is 2.15. The highest BCUT2D eigenvalue weighted by atomic mass is 16.3. The third-order valence-corrected chi connectivity index (χ3v) is 4.42. The first-order chi connectivity index (χ1) is 10.3. The van der Waals surface area contributed by atoms with E-state index in [9.17, 15) is 0 Å². The zero-order chi connectivity index (χ0) is 14.4. The van der Waals surface area contributed by atoms with Crippen molar-refractivity contribution in [3.63, 3.8) is 0 Å². The molecule has 0 aliphatic heterocycles. The van der Waals surface area contributed by atoms with E-state index in [4.69, 9.17) is 4.42 Å². The first-order valence-electron chi connectivity index (χ1n) is 7.68. The Kier molecular flexibility index (Phi) is 2.75. The lowest BCUT2D eigenvalue weighted by molar-refractivity contribution is 0.667. The van der Waals surface area contributed by atoms with Crippen molar-refractivity contribution in [2.45, 2.75) is 26.7 Å². The van der Waals surface area contributed by atoms with Crippen molar-refractivity contribution in [1.82, 2.24) is 0 Å². The van der Waals surface area contributed by atoms with Crippen molar-refractivity contribution in [3.05, 3.63) is 59.7 Å². The van der Waals surface area contributed by atoms with E-state index in [2.05, 4.69) is 62.4 Å². The Morgan fingerprint density at radius 1 is 0.762 bits per heavy atom. The van der Waals surface area contributed by atoms with Crippen molar-refractivity contribution in [2.75, 3.05) is 0 Å². The Hall–Kier alpha value is -2.28. The lowest BCUT2D eigenvalue weighted by Crippen LogP contribution is -1.84. The normalized spacial score (nSPS) is 11.7. The van der Waals surface area contributed by atoms with Gasteiger partial charge in [-0.25, -0.2) is 0 Å². The van der Waals surface area contributed by atoms with Gasteiger partial charge in [0, 0.05) is 16.2 Å². The molecule has 104 valence electrons. The van der Waals surface area contributed by atoms with E-state index >= 15 is 0 Å². The Bertz CT molecular complexity index is 960. The number of aryl methyl sites for hydroxylation is 2. The summed E-state index contributed by atoms with van der Waals surface area (Å²) in [6.07, 6.45) is 2.02. The molecule has 4 aromatic rings. The minimum absolute atomic E-state index is 0.997. The fourth-order valence-electron chi connectivity index (χ4n) is 3.33. The van der Waals surface area contributed by atoms with Crippen molar-refractivity contribution >= 4 is 32.7 Å². The Morgan fingerprint density at radius 2 is 1.52 bits per heavy atom. The average Bonchev–Trinajstić information content (AvgIpc) is 2.94. The van der Waals surface area contributed by atoms with E-state index in [0.717, 1.165) is 24.0 Å². The summed E-state index contributed by atoms with van der Waals surface area (Å²) in [5.41, 5.74) is 4.76. The molecular weight excluding hydrogens is 256 g/mol. The molecule has 0 unspecified atom stereocenters. The molecule has 0 saturated carbocycles. The molecule has 0 aliphatic carbocycles. The number of para-hydroxylation sites is 1. The fraction of sp³-hybridized carbons (Fsp3) is 0.200. The number of fused-ring (bicyclic) bond motifs is 5. The van der Waals surface area contributed by atoms with Gasteiger partial charge in [-0.3, -0.25) is 0 Å². The van der Waals surface area contributed by atoms with Gasteiger partial charge in [-0.1, -0.05) is 62.4 Å². The third kappa shape index (κ3) is 1.70. The molecule has 0 aliphatic rings. The standard InChI is InChI=1S/C20H18O/c1-3-13-9-7-11-17-18-14(4-2)12-15-8-5-6-10-16(15)20(18)21-19(13)17/h5-12H,3-4H2,1-2H3. The molecule has 0 spiro atoms. The van der Waals surface area contributed by atoms with E-state index in [1.807, 2.05) is 0 Å². The summed E-state index contributed by atoms with van der Waals surface area (Å²) in [4.78, 5) is 0. The van der Waals surface area contributed by atoms with Gasteiger partial charge in [0.1, 0.15) is 11.2 Å². The average molecular weight is 274 g/mol. The maximum absolute atomic E-state index is 6.33. The van der Waals surface area contributed by atoms with Crippen LogP contribution in [-0.2, 0) is 12.8 Å². The molecule has 0 amide bonds. The van der Waals surface area contributed by atoms with Crippen molar-refractivity contribution < 1.29 is 4.42 Å². The molecule has 21 heavy (non-hydrogen) atoms. The maximum Gasteiger partial charge on any atom is 0.143 e. The van der Waals surface area contributed by atoms with Gasteiger partial charge < -0.3 is 4.42 Å².